The van der Waals surface area contributed by atoms with Crippen molar-refractivity contribution in [2.75, 3.05) is 26.2 Å². The number of carbonyl (C=O) groups excluding carboxylic acids is 1. The summed E-state index contributed by atoms with van der Waals surface area (Å²) in [5.74, 6) is -0.194. The molecule has 0 saturated carbocycles. The number of likely N-dealkylation sites (N-methyl/N-ethyl adjacent to an activating group) is 1. The number of hydrogen-bond acceptors (Lipinski definition) is 2. The molecule has 0 fully saturated rings. The summed E-state index contributed by atoms with van der Waals surface area (Å²) in [7, 11) is 0. The van der Waals surface area contributed by atoms with E-state index < -0.39 is 0 Å². The largest absolute Gasteiger partial charge is 0.431 e. The third kappa shape index (κ3) is 3.59. The number of quaternary nitrogens is 1. The molecule has 3 nitrogen and oxygen atoms in total. The van der Waals surface area contributed by atoms with Crippen molar-refractivity contribution in [3.63, 3.8) is 0 Å². The molecule has 0 saturated heterocycles. The zero-order chi connectivity index (χ0) is 10.3. The van der Waals surface area contributed by atoms with Crippen LogP contribution in [0.2, 0.25) is 0 Å². The van der Waals surface area contributed by atoms with Gasteiger partial charge in [-0.2, -0.15) is 0 Å². The van der Waals surface area contributed by atoms with Gasteiger partial charge in [-0.1, -0.05) is 6.58 Å². The smallest absolute Gasteiger partial charge is 0.366 e. The summed E-state index contributed by atoms with van der Waals surface area (Å²) in [5, 5.41) is 0. The zero-order valence-corrected chi connectivity index (χ0v) is 8.88. The highest BCUT2D eigenvalue weighted by Crippen LogP contribution is 2.05. The Morgan fingerprint density at radius 1 is 1.31 bits per heavy atom. The minimum Gasteiger partial charge on any atom is -0.431 e. The molecule has 0 aliphatic heterocycles. The maximum atomic E-state index is 11.2. The van der Waals surface area contributed by atoms with Crippen LogP contribution in [0.4, 0.5) is 0 Å². The molecule has 0 spiro atoms. The van der Waals surface area contributed by atoms with Crippen molar-refractivity contribution in [1.29, 1.82) is 0 Å². The fourth-order valence-electron chi connectivity index (χ4n) is 1.41. The molecule has 0 atom stereocenters. The average Bonchev–Trinajstić information content (AvgIpc) is 2.15. The Hall–Kier alpha value is -0.830. The zero-order valence-electron chi connectivity index (χ0n) is 8.88. The molecular weight excluding hydrogens is 166 g/mol. The summed E-state index contributed by atoms with van der Waals surface area (Å²) in [6, 6.07) is 0. The number of carbonyl (C=O) groups is 1. The van der Waals surface area contributed by atoms with E-state index in [1.165, 1.54) is 6.26 Å². The van der Waals surface area contributed by atoms with Gasteiger partial charge in [0, 0.05) is 0 Å². The van der Waals surface area contributed by atoms with Gasteiger partial charge in [0.25, 0.3) is 0 Å². The van der Waals surface area contributed by atoms with Crippen molar-refractivity contribution in [2.24, 2.45) is 0 Å². The van der Waals surface area contributed by atoms with Crippen LogP contribution in [-0.4, -0.2) is 36.6 Å². The lowest BCUT2D eigenvalue weighted by atomic mass is 10.3. The normalized spacial score (nSPS) is 11.0. The second-order valence-electron chi connectivity index (χ2n) is 3.10. The number of ether oxygens (including phenoxy) is 1. The molecule has 0 bridgehead atoms. The molecule has 13 heavy (non-hydrogen) atoms. The quantitative estimate of drug-likeness (QED) is 0.357. The van der Waals surface area contributed by atoms with Gasteiger partial charge in [0.1, 0.15) is 0 Å². The fraction of sp³-hybridized carbons (Fsp3) is 0.700. The van der Waals surface area contributed by atoms with Crippen LogP contribution in [0, 0.1) is 0 Å². The van der Waals surface area contributed by atoms with E-state index in [9.17, 15) is 4.79 Å². The molecule has 0 aromatic carbocycles. The summed E-state index contributed by atoms with van der Waals surface area (Å²) in [6.07, 6.45) is 1.19. The van der Waals surface area contributed by atoms with Crippen LogP contribution in [0.15, 0.2) is 12.8 Å². The predicted octanol–water partition coefficient (Wildman–Crippen LogP) is 1.55. The van der Waals surface area contributed by atoms with E-state index >= 15 is 0 Å². The standard InChI is InChI=1S/C10H20NO2/c1-5-11(6-2,7-3)9-10(12)13-8-4/h8H,4-7,9H2,1-3H3/q+1. The van der Waals surface area contributed by atoms with Crippen LogP contribution in [0.1, 0.15) is 20.8 Å². The van der Waals surface area contributed by atoms with Crippen molar-refractivity contribution in [2.45, 2.75) is 20.8 Å². The third-order valence-corrected chi connectivity index (χ3v) is 2.69. The van der Waals surface area contributed by atoms with Gasteiger partial charge in [0.05, 0.1) is 25.9 Å². The maximum absolute atomic E-state index is 11.2. The lowest BCUT2D eigenvalue weighted by Gasteiger charge is -2.34. The Bertz CT molecular complexity index is 165. The molecule has 3 heteroatoms. The first-order valence-electron chi connectivity index (χ1n) is 4.79. The van der Waals surface area contributed by atoms with E-state index in [-0.39, 0.29) is 5.97 Å². The first-order valence-corrected chi connectivity index (χ1v) is 4.79. The van der Waals surface area contributed by atoms with Gasteiger partial charge in [-0.05, 0) is 20.8 Å². The van der Waals surface area contributed by atoms with E-state index in [0.29, 0.717) is 6.54 Å². The number of esters is 1. The summed E-state index contributed by atoms with van der Waals surface area (Å²) in [5.41, 5.74) is 0. The summed E-state index contributed by atoms with van der Waals surface area (Å²) in [6.45, 7) is 12.9. The van der Waals surface area contributed by atoms with Crippen LogP contribution in [0.25, 0.3) is 0 Å². The van der Waals surface area contributed by atoms with Gasteiger partial charge in [-0.25, -0.2) is 4.79 Å². The summed E-state index contributed by atoms with van der Waals surface area (Å²) >= 11 is 0. The third-order valence-electron chi connectivity index (χ3n) is 2.69. The molecule has 0 N–H and O–H groups in total. The minimum atomic E-state index is -0.194. The number of rotatable bonds is 6. The van der Waals surface area contributed by atoms with E-state index in [1.54, 1.807) is 0 Å². The van der Waals surface area contributed by atoms with E-state index in [0.717, 1.165) is 24.1 Å². The topological polar surface area (TPSA) is 26.3 Å². The molecule has 0 rings (SSSR count). The monoisotopic (exact) mass is 186 g/mol. The molecule has 0 heterocycles. The van der Waals surface area contributed by atoms with Crippen molar-refractivity contribution in [1.82, 2.24) is 0 Å². The second-order valence-corrected chi connectivity index (χ2v) is 3.10. The number of nitrogens with zero attached hydrogens (tertiary/aromatic N) is 1. The molecule has 0 unspecified atom stereocenters. The van der Waals surface area contributed by atoms with Gasteiger partial charge < -0.3 is 9.22 Å². The van der Waals surface area contributed by atoms with E-state index in [4.69, 9.17) is 4.74 Å². The second kappa shape index (κ2) is 5.75. The average molecular weight is 186 g/mol. The van der Waals surface area contributed by atoms with Crippen molar-refractivity contribution < 1.29 is 14.0 Å². The molecular formula is C10H20NO2+. The van der Waals surface area contributed by atoms with Crippen molar-refractivity contribution in [3.8, 4) is 0 Å². The molecule has 0 amide bonds. The fourth-order valence-corrected chi connectivity index (χ4v) is 1.41. The Morgan fingerprint density at radius 3 is 2.08 bits per heavy atom. The minimum absolute atomic E-state index is 0.194. The van der Waals surface area contributed by atoms with E-state index in [1.807, 2.05) is 0 Å². The van der Waals surface area contributed by atoms with Gasteiger partial charge in [-0.3, -0.25) is 0 Å². The maximum Gasteiger partial charge on any atom is 0.366 e. The molecule has 0 aliphatic rings. The van der Waals surface area contributed by atoms with Crippen LogP contribution in [0.3, 0.4) is 0 Å². The van der Waals surface area contributed by atoms with Crippen LogP contribution in [0.5, 0.6) is 0 Å². The molecule has 0 aromatic rings. The first-order chi connectivity index (χ1) is 6.14. The Morgan fingerprint density at radius 2 is 1.77 bits per heavy atom. The van der Waals surface area contributed by atoms with Crippen molar-refractivity contribution in [3.05, 3.63) is 12.8 Å². The SMILES string of the molecule is C=COC(=O)C[N+](CC)(CC)CC. The highest BCUT2D eigenvalue weighted by Gasteiger charge is 2.25. The molecule has 76 valence electrons. The van der Waals surface area contributed by atoms with Crippen molar-refractivity contribution >= 4 is 5.97 Å². The lowest BCUT2D eigenvalue weighted by Crippen LogP contribution is -2.50. The van der Waals surface area contributed by atoms with E-state index in [2.05, 4.69) is 27.4 Å². The summed E-state index contributed by atoms with van der Waals surface area (Å²) < 4.78 is 5.50. The Kier molecular flexibility index (Phi) is 5.39. The number of hydrogen-bond donors (Lipinski definition) is 0. The van der Waals surface area contributed by atoms with Crippen LogP contribution in [-0.2, 0) is 9.53 Å². The van der Waals surface area contributed by atoms with Crippen LogP contribution >= 0.6 is 0 Å². The Labute approximate surface area is 80.6 Å². The highest BCUT2D eigenvalue weighted by molar-refractivity contribution is 5.71. The summed E-state index contributed by atoms with van der Waals surface area (Å²) in [4.78, 5) is 11.2. The predicted molar refractivity (Wildman–Crippen MR) is 53.0 cm³/mol. The highest BCUT2D eigenvalue weighted by atomic mass is 16.5. The van der Waals surface area contributed by atoms with Gasteiger partial charge in [0.15, 0.2) is 6.54 Å². The molecule has 0 aliphatic carbocycles. The Balaban J connectivity index is 4.23. The lowest BCUT2D eigenvalue weighted by molar-refractivity contribution is -0.916. The van der Waals surface area contributed by atoms with Gasteiger partial charge in [0.2, 0.25) is 0 Å². The van der Waals surface area contributed by atoms with Gasteiger partial charge in [-0.15, -0.1) is 0 Å². The molecule has 0 radical (unpaired) electrons. The molecule has 0 aromatic heterocycles. The first kappa shape index (κ1) is 12.2. The van der Waals surface area contributed by atoms with Gasteiger partial charge >= 0.3 is 5.97 Å². The van der Waals surface area contributed by atoms with Crippen LogP contribution < -0.4 is 0 Å².